The van der Waals surface area contributed by atoms with Crippen LogP contribution in [0.1, 0.15) is 6.92 Å². The molecule has 0 spiro atoms. The number of hydrogen-bond donors (Lipinski definition) is 2. The van der Waals surface area contributed by atoms with E-state index in [2.05, 4.69) is 0 Å². The van der Waals surface area contributed by atoms with Crippen LogP contribution in [0.4, 0.5) is 4.39 Å². The molecule has 8 heteroatoms. The fourth-order valence-electron chi connectivity index (χ4n) is 1.05. The molecule has 0 radical (unpaired) electrons. The molecule has 1 aromatic rings. The number of rotatable bonds is 4. The molecule has 0 fully saturated rings. The van der Waals surface area contributed by atoms with Crippen LogP contribution in [0.2, 0.25) is 5.02 Å². The van der Waals surface area contributed by atoms with Crippen molar-refractivity contribution in [3.63, 3.8) is 0 Å². The van der Waals surface area contributed by atoms with E-state index in [0.717, 1.165) is 18.2 Å². The summed E-state index contributed by atoms with van der Waals surface area (Å²) >= 11 is 5.60. The largest absolute Gasteiger partial charge is 0.368 e. The molecule has 3 N–H and O–H groups in total. The van der Waals surface area contributed by atoms with Gasteiger partial charge >= 0.3 is 0 Å². The van der Waals surface area contributed by atoms with E-state index in [1.54, 1.807) is 0 Å². The molecule has 0 saturated carbocycles. The van der Waals surface area contributed by atoms with Crippen molar-refractivity contribution in [2.75, 3.05) is 0 Å². The van der Waals surface area contributed by atoms with Crippen LogP contribution >= 0.6 is 11.6 Å². The standard InChI is InChI=1S/C9H10ClFN2O3S/c1-5(9(12)14)13-17(15,16)8-3-2-6(11)4-7(8)10/h2-5,13H,1H3,(H2,12,14)/t5-/m0/s1. The molecule has 1 aromatic carbocycles. The summed E-state index contributed by atoms with van der Waals surface area (Å²) in [5.74, 6) is -1.48. The van der Waals surface area contributed by atoms with Gasteiger partial charge in [-0.2, -0.15) is 4.72 Å². The minimum Gasteiger partial charge on any atom is -0.368 e. The van der Waals surface area contributed by atoms with Gasteiger partial charge in [0.15, 0.2) is 0 Å². The van der Waals surface area contributed by atoms with Gasteiger partial charge in [-0.05, 0) is 25.1 Å². The second kappa shape index (κ2) is 4.99. The van der Waals surface area contributed by atoms with Crippen molar-refractivity contribution in [1.29, 1.82) is 0 Å². The average molecular weight is 281 g/mol. The Hall–Kier alpha value is -1.18. The number of halogens is 2. The summed E-state index contributed by atoms with van der Waals surface area (Å²) in [6.45, 7) is 1.29. The first kappa shape index (κ1) is 13.9. The number of benzene rings is 1. The number of primary amides is 1. The van der Waals surface area contributed by atoms with E-state index in [4.69, 9.17) is 17.3 Å². The molecule has 0 aliphatic carbocycles. The summed E-state index contributed by atoms with van der Waals surface area (Å²) in [4.78, 5) is 10.4. The number of nitrogens with two attached hydrogens (primary N) is 1. The van der Waals surface area contributed by atoms with E-state index in [-0.39, 0.29) is 9.92 Å². The van der Waals surface area contributed by atoms with Gasteiger partial charge in [0.05, 0.1) is 11.1 Å². The smallest absolute Gasteiger partial charge is 0.242 e. The Morgan fingerprint density at radius 2 is 2.12 bits per heavy atom. The van der Waals surface area contributed by atoms with Crippen molar-refractivity contribution in [1.82, 2.24) is 4.72 Å². The lowest BCUT2D eigenvalue weighted by Crippen LogP contribution is -2.42. The molecular weight excluding hydrogens is 271 g/mol. The fourth-order valence-corrected chi connectivity index (χ4v) is 2.79. The summed E-state index contributed by atoms with van der Waals surface area (Å²) in [7, 11) is -4.00. The highest BCUT2D eigenvalue weighted by Crippen LogP contribution is 2.22. The SMILES string of the molecule is C[C@H](NS(=O)(=O)c1ccc(F)cc1Cl)C(N)=O. The molecule has 0 heterocycles. The number of hydrogen-bond acceptors (Lipinski definition) is 3. The zero-order chi connectivity index (χ0) is 13.2. The van der Waals surface area contributed by atoms with Gasteiger partial charge in [0.1, 0.15) is 10.7 Å². The molecule has 0 bridgehead atoms. The summed E-state index contributed by atoms with van der Waals surface area (Å²) in [6.07, 6.45) is 0. The van der Waals surface area contributed by atoms with E-state index >= 15 is 0 Å². The first-order valence-corrected chi connectivity index (χ1v) is 6.37. The average Bonchev–Trinajstić information content (AvgIpc) is 2.15. The van der Waals surface area contributed by atoms with Crippen LogP contribution in [0.3, 0.4) is 0 Å². The van der Waals surface area contributed by atoms with Gasteiger partial charge in [-0.25, -0.2) is 12.8 Å². The number of carbonyl (C=O) groups excluding carboxylic acids is 1. The van der Waals surface area contributed by atoms with Crippen LogP contribution < -0.4 is 10.5 Å². The van der Waals surface area contributed by atoms with E-state index in [0.29, 0.717) is 0 Å². The maximum atomic E-state index is 12.8. The van der Waals surface area contributed by atoms with E-state index in [1.165, 1.54) is 6.92 Å². The van der Waals surface area contributed by atoms with Crippen LogP contribution in [0.25, 0.3) is 0 Å². The van der Waals surface area contributed by atoms with Crippen molar-refractivity contribution >= 4 is 27.5 Å². The van der Waals surface area contributed by atoms with Crippen molar-refractivity contribution in [2.45, 2.75) is 17.9 Å². The first-order chi connectivity index (χ1) is 7.74. The van der Waals surface area contributed by atoms with E-state index in [9.17, 15) is 17.6 Å². The number of sulfonamides is 1. The Labute approximate surface area is 103 Å². The Kier molecular flexibility index (Phi) is 4.07. The third kappa shape index (κ3) is 3.39. The van der Waals surface area contributed by atoms with Crippen molar-refractivity contribution in [3.8, 4) is 0 Å². The topological polar surface area (TPSA) is 89.3 Å². The van der Waals surface area contributed by atoms with Gasteiger partial charge in [0, 0.05) is 0 Å². The zero-order valence-electron chi connectivity index (χ0n) is 8.78. The Morgan fingerprint density at radius 3 is 2.59 bits per heavy atom. The van der Waals surface area contributed by atoms with Gasteiger partial charge in [-0.15, -0.1) is 0 Å². The molecule has 1 rings (SSSR count). The lowest BCUT2D eigenvalue weighted by molar-refractivity contribution is -0.119. The maximum absolute atomic E-state index is 12.8. The molecule has 0 unspecified atom stereocenters. The van der Waals surface area contributed by atoms with Crippen LogP contribution in [0.5, 0.6) is 0 Å². The van der Waals surface area contributed by atoms with E-state index in [1.807, 2.05) is 4.72 Å². The highest BCUT2D eigenvalue weighted by molar-refractivity contribution is 7.89. The molecule has 1 amide bonds. The monoisotopic (exact) mass is 280 g/mol. The quantitative estimate of drug-likeness (QED) is 0.848. The summed E-state index contributed by atoms with van der Waals surface area (Å²) < 4.78 is 38.3. The van der Waals surface area contributed by atoms with Gasteiger partial charge in [0.2, 0.25) is 15.9 Å². The second-order valence-electron chi connectivity index (χ2n) is 3.32. The summed E-state index contributed by atoms with van der Waals surface area (Å²) in [5, 5.41) is -0.269. The molecule has 94 valence electrons. The van der Waals surface area contributed by atoms with Crippen molar-refractivity contribution in [2.24, 2.45) is 5.73 Å². The lowest BCUT2D eigenvalue weighted by Gasteiger charge is -2.11. The normalized spacial score (nSPS) is 13.4. The number of nitrogens with one attached hydrogen (secondary N) is 1. The van der Waals surface area contributed by atoms with Gasteiger partial charge in [-0.3, -0.25) is 4.79 Å². The Bertz CT molecular complexity index is 547. The number of carbonyl (C=O) groups is 1. The summed E-state index contributed by atoms with van der Waals surface area (Å²) in [5.41, 5.74) is 4.92. The number of amides is 1. The van der Waals surface area contributed by atoms with Gasteiger partial charge in [-0.1, -0.05) is 11.6 Å². The minimum absolute atomic E-state index is 0.269. The molecule has 17 heavy (non-hydrogen) atoms. The molecule has 0 saturated heterocycles. The van der Waals surface area contributed by atoms with Gasteiger partial charge in [0.25, 0.3) is 0 Å². The molecule has 0 aromatic heterocycles. The van der Waals surface area contributed by atoms with Crippen molar-refractivity contribution < 1.29 is 17.6 Å². The maximum Gasteiger partial charge on any atom is 0.242 e. The summed E-state index contributed by atoms with van der Waals surface area (Å²) in [6, 6.07) is 1.75. The molecule has 5 nitrogen and oxygen atoms in total. The molecular formula is C9H10ClFN2O3S. The lowest BCUT2D eigenvalue weighted by atomic mass is 10.3. The van der Waals surface area contributed by atoms with Crippen LogP contribution in [-0.4, -0.2) is 20.4 Å². The van der Waals surface area contributed by atoms with E-state index < -0.39 is 27.8 Å². The second-order valence-corrected chi connectivity index (χ2v) is 5.41. The molecule has 0 aliphatic heterocycles. The molecule has 0 aliphatic rings. The highest BCUT2D eigenvalue weighted by Gasteiger charge is 2.22. The molecule has 1 atom stereocenters. The predicted octanol–water partition coefficient (Wildman–Crippen LogP) is 0.631. The highest BCUT2D eigenvalue weighted by atomic mass is 35.5. The van der Waals surface area contributed by atoms with Crippen LogP contribution in [0.15, 0.2) is 23.1 Å². The van der Waals surface area contributed by atoms with Crippen molar-refractivity contribution in [3.05, 3.63) is 29.0 Å². The first-order valence-electron chi connectivity index (χ1n) is 4.51. The van der Waals surface area contributed by atoms with Crippen LogP contribution in [-0.2, 0) is 14.8 Å². The Balaban J connectivity index is 3.10. The van der Waals surface area contributed by atoms with Gasteiger partial charge < -0.3 is 5.73 Å². The zero-order valence-corrected chi connectivity index (χ0v) is 10.3. The van der Waals surface area contributed by atoms with Crippen LogP contribution in [0, 0.1) is 5.82 Å². The predicted molar refractivity (Wildman–Crippen MR) is 60.4 cm³/mol. The minimum atomic E-state index is -4.00. The third-order valence-electron chi connectivity index (χ3n) is 1.94. The third-order valence-corrected chi connectivity index (χ3v) is 3.97. The Morgan fingerprint density at radius 1 is 1.53 bits per heavy atom. The fraction of sp³-hybridized carbons (Fsp3) is 0.222.